The Kier molecular flexibility index (Phi) is 5.94. The van der Waals surface area contributed by atoms with Gasteiger partial charge in [-0.3, -0.25) is 4.79 Å². The molecule has 2 unspecified atom stereocenters. The lowest BCUT2D eigenvalue weighted by atomic mass is 10.2. The highest BCUT2D eigenvalue weighted by Crippen LogP contribution is 2.20. The molecule has 20 heavy (non-hydrogen) atoms. The molecule has 2 amide bonds. The third-order valence-corrected chi connectivity index (χ3v) is 4.27. The van der Waals surface area contributed by atoms with Gasteiger partial charge in [0.2, 0.25) is 0 Å². The summed E-state index contributed by atoms with van der Waals surface area (Å²) >= 11 is 1.58. The molecule has 1 heterocycles. The second kappa shape index (κ2) is 7.23. The first-order chi connectivity index (χ1) is 9.35. The number of aromatic nitrogens is 1. The molecule has 1 aromatic heterocycles. The largest absolute Gasteiger partial charge is 0.481 e. The van der Waals surface area contributed by atoms with Crippen molar-refractivity contribution >= 4 is 23.3 Å². The Labute approximate surface area is 122 Å². The van der Waals surface area contributed by atoms with Crippen LogP contribution in [-0.2, 0) is 11.2 Å². The molecule has 2 atom stereocenters. The van der Waals surface area contributed by atoms with E-state index in [1.165, 1.54) is 9.78 Å². The quantitative estimate of drug-likeness (QED) is 0.843. The molecular formula is C13H21N3O3S. The molecule has 0 saturated carbocycles. The van der Waals surface area contributed by atoms with Crippen LogP contribution < -0.4 is 5.32 Å². The number of carboxylic acid groups (broad SMARTS) is 1. The zero-order valence-electron chi connectivity index (χ0n) is 12.2. The second-order valence-electron chi connectivity index (χ2n) is 4.81. The van der Waals surface area contributed by atoms with Crippen LogP contribution in [0.15, 0.2) is 6.20 Å². The number of carbonyl (C=O) groups excluding carboxylic acids is 1. The maximum Gasteiger partial charge on any atom is 0.317 e. The Balaban J connectivity index is 2.54. The minimum Gasteiger partial charge on any atom is -0.481 e. The van der Waals surface area contributed by atoms with Gasteiger partial charge >= 0.3 is 12.0 Å². The standard InChI is InChI=1S/C13H21N3O3S/c1-5-10-6-14-11(20-10)9(3)15-13(19)16(4)7-8(2)12(17)18/h6,8-9H,5,7H2,1-4H3,(H,15,19)(H,17,18). The van der Waals surface area contributed by atoms with Crippen molar-refractivity contribution in [2.24, 2.45) is 5.92 Å². The number of nitrogens with zero attached hydrogens (tertiary/aromatic N) is 2. The number of urea groups is 1. The van der Waals surface area contributed by atoms with Crippen LogP contribution in [0.4, 0.5) is 4.79 Å². The molecule has 0 aromatic carbocycles. The normalized spacial score (nSPS) is 13.6. The predicted octanol–water partition coefficient (Wildman–Crippen LogP) is 2.13. The molecule has 112 valence electrons. The first kappa shape index (κ1) is 16.4. The molecule has 0 aliphatic rings. The molecule has 0 bridgehead atoms. The molecule has 0 saturated heterocycles. The summed E-state index contributed by atoms with van der Waals surface area (Å²) in [7, 11) is 1.58. The molecule has 0 radical (unpaired) electrons. The van der Waals surface area contributed by atoms with Gasteiger partial charge in [-0.2, -0.15) is 0 Å². The van der Waals surface area contributed by atoms with Crippen LogP contribution in [0.25, 0.3) is 0 Å². The van der Waals surface area contributed by atoms with Gasteiger partial charge in [-0.1, -0.05) is 13.8 Å². The maximum absolute atomic E-state index is 12.0. The van der Waals surface area contributed by atoms with Gasteiger partial charge in [-0.25, -0.2) is 9.78 Å². The Bertz CT molecular complexity index is 475. The van der Waals surface area contributed by atoms with E-state index in [-0.39, 0.29) is 18.6 Å². The number of amides is 2. The minimum atomic E-state index is -0.912. The molecule has 2 N–H and O–H groups in total. The highest BCUT2D eigenvalue weighted by molar-refractivity contribution is 7.11. The van der Waals surface area contributed by atoms with Crippen LogP contribution in [-0.4, -0.2) is 40.6 Å². The van der Waals surface area contributed by atoms with Crippen molar-refractivity contribution in [1.82, 2.24) is 15.2 Å². The van der Waals surface area contributed by atoms with Gasteiger partial charge in [0.05, 0.1) is 12.0 Å². The third-order valence-electron chi connectivity index (χ3n) is 2.95. The summed E-state index contributed by atoms with van der Waals surface area (Å²) in [6.07, 6.45) is 2.74. The molecule has 1 aromatic rings. The number of rotatable bonds is 6. The Hall–Kier alpha value is -1.63. The molecule has 0 spiro atoms. The first-order valence-electron chi connectivity index (χ1n) is 6.54. The van der Waals surface area contributed by atoms with Crippen LogP contribution in [0.3, 0.4) is 0 Å². The van der Waals surface area contributed by atoms with Crippen molar-refractivity contribution in [2.45, 2.75) is 33.2 Å². The number of aliphatic carboxylic acids is 1. The zero-order valence-corrected chi connectivity index (χ0v) is 13.0. The predicted molar refractivity (Wildman–Crippen MR) is 77.9 cm³/mol. The number of aryl methyl sites for hydroxylation is 1. The van der Waals surface area contributed by atoms with Crippen molar-refractivity contribution < 1.29 is 14.7 Å². The van der Waals surface area contributed by atoms with Crippen molar-refractivity contribution in [1.29, 1.82) is 0 Å². The van der Waals surface area contributed by atoms with E-state index in [0.717, 1.165) is 11.4 Å². The first-order valence-corrected chi connectivity index (χ1v) is 7.35. The number of thiazole rings is 1. The summed E-state index contributed by atoms with van der Waals surface area (Å²) in [5.74, 6) is -1.50. The highest BCUT2D eigenvalue weighted by atomic mass is 32.1. The van der Waals surface area contributed by atoms with Crippen LogP contribution in [0.1, 0.15) is 36.7 Å². The Morgan fingerprint density at radius 2 is 2.15 bits per heavy atom. The number of nitrogens with one attached hydrogen (secondary N) is 1. The lowest BCUT2D eigenvalue weighted by Crippen LogP contribution is -2.41. The fraction of sp³-hybridized carbons (Fsp3) is 0.615. The van der Waals surface area contributed by atoms with E-state index in [2.05, 4.69) is 17.2 Å². The van der Waals surface area contributed by atoms with E-state index < -0.39 is 11.9 Å². The fourth-order valence-electron chi connectivity index (χ4n) is 1.62. The summed E-state index contributed by atoms with van der Waals surface area (Å²) < 4.78 is 0. The Morgan fingerprint density at radius 3 is 2.65 bits per heavy atom. The smallest absolute Gasteiger partial charge is 0.317 e. The number of hydrogen-bond acceptors (Lipinski definition) is 4. The van der Waals surface area contributed by atoms with Crippen molar-refractivity contribution in [3.8, 4) is 0 Å². The lowest BCUT2D eigenvalue weighted by Gasteiger charge is -2.22. The van der Waals surface area contributed by atoms with Crippen LogP contribution in [0.2, 0.25) is 0 Å². The van der Waals surface area contributed by atoms with Crippen LogP contribution >= 0.6 is 11.3 Å². The van der Waals surface area contributed by atoms with Gasteiger partial charge in [0.15, 0.2) is 0 Å². The van der Waals surface area contributed by atoms with E-state index in [9.17, 15) is 9.59 Å². The SMILES string of the molecule is CCc1cnc(C(C)NC(=O)N(C)CC(C)C(=O)O)s1. The van der Waals surface area contributed by atoms with Gasteiger partial charge in [0.1, 0.15) is 5.01 Å². The van der Waals surface area contributed by atoms with E-state index in [1.54, 1.807) is 25.3 Å². The third kappa shape index (κ3) is 4.48. The molecule has 1 rings (SSSR count). The maximum atomic E-state index is 12.0. The summed E-state index contributed by atoms with van der Waals surface area (Å²) in [4.78, 5) is 29.6. The second-order valence-corrected chi connectivity index (χ2v) is 5.96. The van der Waals surface area contributed by atoms with Crippen molar-refractivity contribution in [2.75, 3.05) is 13.6 Å². The van der Waals surface area contributed by atoms with Gasteiger partial charge in [0, 0.05) is 24.7 Å². The van der Waals surface area contributed by atoms with Crippen molar-refractivity contribution in [3.63, 3.8) is 0 Å². The molecule has 7 heteroatoms. The van der Waals surface area contributed by atoms with Gasteiger partial charge in [-0.15, -0.1) is 11.3 Å². The van der Waals surface area contributed by atoms with Crippen LogP contribution in [0, 0.1) is 5.92 Å². The monoisotopic (exact) mass is 299 g/mol. The number of hydrogen-bond donors (Lipinski definition) is 2. The summed E-state index contributed by atoms with van der Waals surface area (Å²) in [6, 6.07) is -0.478. The van der Waals surface area contributed by atoms with E-state index in [1.807, 2.05) is 13.1 Å². The fourth-order valence-corrected chi connectivity index (χ4v) is 2.47. The number of carbonyl (C=O) groups is 2. The topological polar surface area (TPSA) is 82.5 Å². The summed E-state index contributed by atoms with van der Waals surface area (Å²) in [5.41, 5.74) is 0. The molecule has 0 fully saturated rings. The molecule has 6 nitrogen and oxygen atoms in total. The van der Waals surface area contributed by atoms with E-state index in [0.29, 0.717) is 0 Å². The molecule has 0 aliphatic heterocycles. The van der Waals surface area contributed by atoms with Gasteiger partial charge in [0.25, 0.3) is 0 Å². The highest BCUT2D eigenvalue weighted by Gasteiger charge is 2.19. The van der Waals surface area contributed by atoms with Gasteiger partial charge < -0.3 is 15.3 Å². The lowest BCUT2D eigenvalue weighted by molar-refractivity contribution is -0.141. The van der Waals surface area contributed by atoms with Crippen LogP contribution in [0.5, 0.6) is 0 Å². The van der Waals surface area contributed by atoms with Crippen molar-refractivity contribution in [3.05, 3.63) is 16.1 Å². The summed E-state index contributed by atoms with van der Waals surface area (Å²) in [5, 5.41) is 12.5. The number of carboxylic acids is 1. The average Bonchev–Trinajstić information content (AvgIpc) is 2.87. The zero-order chi connectivity index (χ0) is 15.3. The average molecular weight is 299 g/mol. The molecular weight excluding hydrogens is 278 g/mol. The minimum absolute atomic E-state index is 0.173. The molecule has 0 aliphatic carbocycles. The van der Waals surface area contributed by atoms with E-state index in [4.69, 9.17) is 5.11 Å². The van der Waals surface area contributed by atoms with Gasteiger partial charge in [-0.05, 0) is 13.3 Å². The van der Waals surface area contributed by atoms with E-state index >= 15 is 0 Å². The Morgan fingerprint density at radius 1 is 1.50 bits per heavy atom. The summed E-state index contributed by atoms with van der Waals surface area (Å²) in [6.45, 7) is 5.67.